The van der Waals surface area contributed by atoms with Crippen LogP contribution in [0.3, 0.4) is 0 Å². The molecule has 2 amide bonds. The topological polar surface area (TPSA) is 49.4 Å². The van der Waals surface area contributed by atoms with E-state index in [2.05, 4.69) is 16.8 Å². The summed E-state index contributed by atoms with van der Waals surface area (Å²) in [6.07, 6.45) is 3.56. The number of thiophene rings is 1. The summed E-state index contributed by atoms with van der Waals surface area (Å²) < 4.78 is 0. The van der Waals surface area contributed by atoms with Crippen LogP contribution in [-0.2, 0) is 17.8 Å². The highest BCUT2D eigenvalue weighted by Crippen LogP contribution is 2.29. The average molecular weight is 342 g/mol. The Morgan fingerprint density at radius 2 is 1.92 bits per heavy atom. The highest BCUT2D eigenvalue weighted by Gasteiger charge is 2.32. The van der Waals surface area contributed by atoms with Crippen LogP contribution in [0.2, 0.25) is 0 Å². The zero-order valence-corrected chi connectivity index (χ0v) is 14.6. The van der Waals surface area contributed by atoms with Crippen LogP contribution < -0.4 is 5.32 Å². The fourth-order valence-corrected chi connectivity index (χ4v) is 3.44. The molecular weight excluding hydrogens is 320 g/mol. The Labute approximate surface area is 146 Å². The number of nitrogens with one attached hydrogen (secondary N) is 1. The zero-order chi connectivity index (χ0) is 16.9. The third-order valence-electron chi connectivity index (χ3n) is 4.31. The van der Waals surface area contributed by atoms with E-state index in [4.69, 9.17) is 0 Å². The minimum absolute atomic E-state index is 0.0903. The molecule has 0 aliphatic heterocycles. The first-order valence-electron chi connectivity index (χ1n) is 8.29. The number of benzene rings is 1. The average Bonchev–Trinajstić information content (AvgIpc) is 3.32. The van der Waals surface area contributed by atoms with Crippen LogP contribution in [0.15, 0.2) is 41.1 Å². The molecule has 0 bridgehead atoms. The van der Waals surface area contributed by atoms with Gasteiger partial charge in [0, 0.05) is 31.6 Å². The summed E-state index contributed by atoms with van der Waals surface area (Å²) in [4.78, 5) is 26.2. The van der Waals surface area contributed by atoms with E-state index >= 15 is 0 Å². The Kier molecular flexibility index (Phi) is 5.30. The van der Waals surface area contributed by atoms with Crippen molar-refractivity contribution in [3.8, 4) is 0 Å². The van der Waals surface area contributed by atoms with Crippen LogP contribution in [0.5, 0.6) is 0 Å². The lowest BCUT2D eigenvalue weighted by molar-refractivity contribution is -0.132. The van der Waals surface area contributed by atoms with Gasteiger partial charge in [-0.05, 0) is 59.3 Å². The number of aryl methyl sites for hydroxylation is 1. The lowest BCUT2D eigenvalue weighted by Crippen LogP contribution is -2.32. The number of carbonyl (C=O) groups is 2. The standard InChI is InChI=1S/C19H22N2O2S/c1-20-19(23)16-5-2-14(3-6-16)12-21(17-7-8-17)18(22)9-4-15-10-11-24-13-15/h2-3,5-6,10-11,13,17H,4,7-9,12H2,1H3,(H,20,23). The van der Waals surface area contributed by atoms with E-state index in [1.54, 1.807) is 18.4 Å². The van der Waals surface area contributed by atoms with Gasteiger partial charge in [0.1, 0.15) is 0 Å². The second-order valence-electron chi connectivity index (χ2n) is 6.16. The quantitative estimate of drug-likeness (QED) is 0.840. The molecule has 1 aromatic heterocycles. The molecule has 0 saturated heterocycles. The molecule has 0 atom stereocenters. The van der Waals surface area contributed by atoms with Crippen LogP contribution in [0.25, 0.3) is 0 Å². The number of hydrogen-bond acceptors (Lipinski definition) is 3. The highest BCUT2D eigenvalue weighted by atomic mass is 32.1. The first-order valence-corrected chi connectivity index (χ1v) is 9.23. The van der Waals surface area contributed by atoms with Crippen molar-refractivity contribution in [2.75, 3.05) is 7.05 Å². The third-order valence-corrected chi connectivity index (χ3v) is 5.04. The molecule has 1 saturated carbocycles. The Morgan fingerprint density at radius 1 is 1.17 bits per heavy atom. The summed E-state index contributed by atoms with van der Waals surface area (Å²) in [5.41, 5.74) is 2.94. The van der Waals surface area contributed by atoms with Crippen LogP contribution in [-0.4, -0.2) is 29.8 Å². The molecule has 1 aliphatic rings. The molecule has 0 unspecified atom stereocenters. The molecule has 24 heavy (non-hydrogen) atoms. The van der Waals surface area contributed by atoms with Gasteiger partial charge in [0.15, 0.2) is 0 Å². The normalized spacial score (nSPS) is 13.5. The predicted octanol–water partition coefficient (Wildman–Crippen LogP) is 3.23. The summed E-state index contributed by atoms with van der Waals surface area (Å²) in [7, 11) is 1.62. The largest absolute Gasteiger partial charge is 0.355 e. The number of rotatable bonds is 7. The highest BCUT2D eigenvalue weighted by molar-refractivity contribution is 7.07. The molecule has 1 heterocycles. The van der Waals surface area contributed by atoms with Gasteiger partial charge in [-0.15, -0.1) is 0 Å². The summed E-state index contributed by atoms with van der Waals surface area (Å²) in [6.45, 7) is 0.626. The van der Waals surface area contributed by atoms with Gasteiger partial charge < -0.3 is 10.2 Å². The number of amides is 2. The van der Waals surface area contributed by atoms with Crippen LogP contribution in [0.1, 0.15) is 40.7 Å². The van der Waals surface area contributed by atoms with Crippen molar-refractivity contribution in [1.29, 1.82) is 0 Å². The third kappa shape index (κ3) is 4.23. The SMILES string of the molecule is CNC(=O)c1ccc(CN(C(=O)CCc2ccsc2)C2CC2)cc1. The molecule has 1 N–H and O–H groups in total. The minimum atomic E-state index is -0.0903. The molecule has 1 aromatic carbocycles. The van der Waals surface area contributed by atoms with Gasteiger partial charge in [-0.2, -0.15) is 11.3 Å². The van der Waals surface area contributed by atoms with E-state index in [1.807, 2.05) is 34.5 Å². The fraction of sp³-hybridized carbons (Fsp3) is 0.368. The Hall–Kier alpha value is -2.14. The lowest BCUT2D eigenvalue weighted by Gasteiger charge is -2.22. The van der Waals surface area contributed by atoms with Crippen LogP contribution >= 0.6 is 11.3 Å². The Bertz CT molecular complexity index is 691. The van der Waals surface area contributed by atoms with Gasteiger partial charge in [-0.3, -0.25) is 9.59 Å². The van der Waals surface area contributed by atoms with Gasteiger partial charge in [0.2, 0.25) is 5.91 Å². The molecule has 0 radical (unpaired) electrons. The van der Waals surface area contributed by atoms with Crippen LogP contribution in [0, 0.1) is 0 Å². The van der Waals surface area contributed by atoms with Crippen molar-refractivity contribution in [2.24, 2.45) is 0 Å². The van der Waals surface area contributed by atoms with E-state index in [0.717, 1.165) is 24.8 Å². The van der Waals surface area contributed by atoms with E-state index in [9.17, 15) is 9.59 Å². The first kappa shape index (κ1) is 16.7. The summed E-state index contributed by atoms with van der Waals surface area (Å²) >= 11 is 1.67. The fourth-order valence-electron chi connectivity index (χ4n) is 2.74. The maximum Gasteiger partial charge on any atom is 0.251 e. The summed E-state index contributed by atoms with van der Waals surface area (Å²) in [5, 5.41) is 6.77. The Balaban J connectivity index is 1.61. The first-order chi connectivity index (χ1) is 11.7. The maximum absolute atomic E-state index is 12.6. The van der Waals surface area contributed by atoms with Crippen molar-refractivity contribution in [3.05, 3.63) is 57.8 Å². The van der Waals surface area contributed by atoms with Crippen molar-refractivity contribution in [1.82, 2.24) is 10.2 Å². The molecule has 4 nitrogen and oxygen atoms in total. The van der Waals surface area contributed by atoms with Crippen molar-refractivity contribution >= 4 is 23.2 Å². The molecule has 1 fully saturated rings. The molecule has 2 aromatic rings. The zero-order valence-electron chi connectivity index (χ0n) is 13.8. The maximum atomic E-state index is 12.6. The Morgan fingerprint density at radius 3 is 2.50 bits per heavy atom. The van der Waals surface area contributed by atoms with Gasteiger partial charge in [0.25, 0.3) is 5.91 Å². The molecule has 1 aliphatic carbocycles. The van der Waals surface area contributed by atoms with Crippen molar-refractivity contribution in [2.45, 2.75) is 38.3 Å². The van der Waals surface area contributed by atoms with Gasteiger partial charge in [-0.1, -0.05) is 12.1 Å². The number of hydrogen-bond donors (Lipinski definition) is 1. The molecule has 0 spiro atoms. The second kappa shape index (κ2) is 7.62. The summed E-state index contributed by atoms with van der Waals surface area (Å²) in [6, 6.07) is 9.97. The van der Waals surface area contributed by atoms with Crippen molar-refractivity contribution in [3.63, 3.8) is 0 Å². The van der Waals surface area contributed by atoms with E-state index in [0.29, 0.717) is 24.6 Å². The predicted molar refractivity (Wildman–Crippen MR) is 96.0 cm³/mol. The molecular formula is C19H22N2O2S. The van der Waals surface area contributed by atoms with Gasteiger partial charge in [0.05, 0.1) is 0 Å². The monoisotopic (exact) mass is 342 g/mol. The van der Waals surface area contributed by atoms with E-state index in [1.165, 1.54) is 5.56 Å². The van der Waals surface area contributed by atoms with Crippen molar-refractivity contribution < 1.29 is 9.59 Å². The minimum Gasteiger partial charge on any atom is -0.355 e. The van der Waals surface area contributed by atoms with Crippen LogP contribution in [0.4, 0.5) is 0 Å². The lowest BCUT2D eigenvalue weighted by atomic mass is 10.1. The molecule has 5 heteroatoms. The van der Waals surface area contributed by atoms with E-state index in [-0.39, 0.29) is 11.8 Å². The second-order valence-corrected chi connectivity index (χ2v) is 6.94. The number of carbonyl (C=O) groups excluding carboxylic acids is 2. The summed E-state index contributed by atoms with van der Waals surface area (Å²) in [5.74, 6) is 0.131. The van der Waals surface area contributed by atoms with Gasteiger partial charge in [-0.25, -0.2) is 0 Å². The molecule has 126 valence electrons. The number of nitrogens with zero attached hydrogens (tertiary/aromatic N) is 1. The molecule has 3 rings (SSSR count). The van der Waals surface area contributed by atoms with E-state index < -0.39 is 0 Å². The van der Waals surface area contributed by atoms with Gasteiger partial charge >= 0.3 is 0 Å². The smallest absolute Gasteiger partial charge is 0.251 e.